The van der Waals surface area contributed by atoms with Gasteiger partial charge in [-0.1, -0.05) is 60.7 Å². The van der Waals surface area contributed by atoms with Crippen LogP contribution in [0.15, 0.2) is 90.2 Å². The molecule has 4 heteroatoms. The van der Waals surface area contributed by atoms with Crippen molar-refractivity contribution in [1.29, 1.82) is 0 Å². The third-order valence-electron chi connectivity index (χ3n) is 4.79. The van der Waals surface area contributed by atoms with Crippen molar-refractivity contribution in [3.63, 3.8) is 0 Å². The Morgan fingerprint density at radius 3 is 2.04 bits per heavy atom. The zero-order valence-corrected chi connectivity index (χ0v) is 14.9. The summed E-state index contributed by atoms with van der Waals surface area (Å²) in [7, 11) is 0. The minimum Gasteiger partial charge on any atom is -0.464 e. The monoisotopic (exact) mass is 356 g/mol. The summed E-state index contributed by atoms with van der Waals surface area (Å²) in [6, 6.07) is 23.8. The van der Waals surface area contributed by atoms with Gasteiger partial charge in [-0.25, -0.2) is 4.79 Å². The Balaban J connectivity index is 1.84. The lowest BCUT2D eigenvalue weighted by atomic mass is 9.89. The summed E-state index contributed by atoms with van der Waals surface area (Å²) in [5, 5.41) is 0. The Labute approximate surface area is 158 Å². The van der Waals surface area contributed by atoms with E-state index in [-0.39, 0.29) is 5.97 Å². The molecule has 0 N–H and O–H groups in total. The first-order valence-electron chi connectivity index (χ1n) is 9.04. The molecule has 0 radical (unpaired) electrons. The number of ether oxygens (including phenoxy) is 1. The van der Waals surface area contributed by atoms with E-state index in [0.717, 1.165) is 22.4 Å². The standard InChI is InChI=1S/C23H20N2O2/c26-22-23(13-16-27-22,17-18-11-14-24-15-12-18)25-21(19-7-3-1-4-8-19)20-9-5-2-6-10-20/h1-12,14-15H,13,16-17H2. The molecule has 2 aromatic carbocycles. The van der Waals surface area contributed by atoms with Crippen molar-refractivity contribution < 1.29 is 9.53 Å². The first kappa shape index (κ1) is 17.2. The van der Waals surface area contributed by atoms with E-state index in [1.165, 1.54) is 0 Å². The number of rotatable bonds is 5. The molecule has 1 unspecified atom stereocenters. The fourth-order valence-corrected chi connectivity index (χ4v) is 3.39. The fourth-order valence-electron chi connectivity index (χ4n) is 3.39. The molecule has 1 fully saturated rings. The van der Waals surface area contributed by atoms with Crippen molar-refractivity contribution in [2.75, 3.05) is 6.61 Å². The second-order valence-electron chi connectivity index (χ2n) is 6.64. The quantitative estimate of drug-likeness (QED) is 0.515. The topological polar surface area (TPSA) is 51.5 Å². The van der Waals surface area contributed by atoms with Crippen LogP contribution >= 0.6 is 0 Å². The number of hydrogen-bond acceptors (Lipinski definition) is 4. The Kier molecular flexibility index (Phi) is 4.79. The maximum atomic E-state index is 12.8. The van der Waals surface area contributed by atoms with Crippen LogP contribution in [-0.2, 0) is 16.0 Å². The predicted molar refractivity (Wildman–Crippen MR) is 105 cm³/mol. The van der Waals surface area contributed by atoms with E-state index in [9.17, 15) is 4.79 Å². The zero-order valence-electron chi connectivity index (χ0n) is 14.9. The van der Waals surface area contributed by atoms with Gasteiger partial charge in [0.25, 0.3) is 0 Å². The highest BCUT2D eigenvalue weighted by molar-refractivity contribution is 6.14. The number of aromatic nitrogens is 1. The number of nitrogens with zero attached hydrogens (tertiary/aromatic N) is 2. The van der Waals surface area contributed by atoms with Crippen molar-refractivity contribution in [1.82, 2.24) is 4.98 Å². The van der Waals surface area contributed by atoms with E-state index in [1.54, 1.807) is 12.4 Å². The van der Waals surface area contributed by atoms with E-state index < -0.39 is 5.54 Å². The molecule has 1 aliphatic heterocycles. The number of carbonyl (C=O) groups is 1. The van der Waals surface area contributed by atoms with Gasteiger partial charge in [-0.3, -0.25) is 9.98 Å². The minimum atomic E-state index is -0.914. The highest BCUT2D eigenvalue weighted by Crippen LogP contribution is 2.31. The normalized spacial score (nSPS) is 18.7. The summed E-state index contributed by atoms with van der Waals surface area (Å²) >= 11 is 0. The van der Waals surface area contributed by atoms with Crippen LogP contribution in [-0.4, -0.2) is 28.8 Å². The summed E-state index contributed by atoms with van der Waals surface area (Å²) in [6.45, 7) is 0.393. The number of pyridine rings is 1. The van der Waals surface area contributed by atoms with E-state index in [0.29, 0.717) is 19.4 Å². The maximum Gasteiger partial charge on any atom is 0.334 e. The van der Waals surface area contributed by atoms with Gasteiger partial charge in [0.1, 0.15) is 0 Å². The van der Waals surface area contributed by atoms with Crippen LogP contribution in [0.2, 0.25) is 0 Å². The molecule has 4 rings (SSSR count). The summed E-state index contributed by atoms with van der Waals surface area (Å²) in [6.07, 6.45) is 4.54. The fraction of sp³-hybridized carbons (Fsp3) is 0.174. The van der Waals surface area contributed by atoms with Gasteiger partial charge in [0.15, 0.2) is 5.54 Å². The predicted octanol–water partition coefficient (Wildman–Crippen LogP) is 3.85. The highest BCUT2D eigenvalue weighted by Gasteiger charge is 2.45. The molecule has 2 heterocycles. The van der Waals surface area contributed by atoms with Crippen molar-refractivity contribution >= 4 is 11.7 Å². The molecule has 0 spiro atoms. The Morgan fingerprint density at radius 2 is 1.52 bits per heavy atom. The molecule has 1 aromatic heterocycles. The average Bonchev–Trinajstić information content (AvgIpc) is 3.08. The van der Waals surface area contributed by atoms with E-state index in [2.05, 4.69) is 4.98 Å². The first-order chi connectivity index (χ1) is 13.3. The second kappa shape index (κ2) is 7.54. The van der Waals surface area contributed by atoms with Crippen LogP contribution in [0, 0.1) is 0 Å². The van der Waals surface area contributed by atoms with Crippen LogP contribution < -0.4 is 0 Å². The van der Waals surface area contributed by atoms with Crippen LogP contribution in [0.1, 0.15) is 23.1 Å². The van der Waals surface area contributed by atoms with Gasteiger partial charge in [-0.2, -0.15) is 0 Å². The van der Waals surface area contributed by atoms with Gasteiger partial charge in [0, 0.05) is 36.4 Å². The zero-order chi connectivity index (χ0) is 18.5. The highest BCUT2D eigenvalue weighted by atomic mass is 16.5. The molecule has 0 aliphatic carbocycles. The summed E-state index contributed by atoms with van der Waals surface area (Å²) < 4.78 is 5.35. The summed E-state index contributed by atoms with van der Waals surface area (Å²) in [4.78, 5) is 21.9. The third kappa shape index (κ3) is 3.65. The minimum absolute atomic E-state index is 0.260. The number of cyclic esters (lactones) is 1. The van der Waals surface area contributed by atoms with Crippen LogP contribution in [0.3, 0.4) is 0 Å². The molecule has 1 saturated heterocycles. The first-order valence-corrected chi connectivity index (χ1v) is 9.04. The molecule has 0 bridgehead atoms. The number of aliphatic imine (C=N–C) groups is 1. The van der Waals surface area contributed by atoms with Crippen LogP contribution in [0.4, 0.5) is 0 Å². The maximum absolute atomic E-state index is 12.8. The van der Waals surface area contributed by atoms with Crippen molar-refractivity contribution in [2.24, 2.45) is 4.99 Å². The van der Waals surface area contributed by atoms with Crippen molar-refractivity contribution in [2.45, 2.75) is 18.4 Å². The molecule has 134 valence electrons. The Morgan fingerprint density at radius 1 is 0.926 bits per heavy atom. The van der Waals surface area contributed by atoms with E-state index in [4.69, 9.17) is 9.73 Å². The molecule has 4 nitrogen and oxygen atoms in total. The largest absolute Gasteiger partial charge is 0.464 e. The number of benzene rings is 2. The van der Waals surface area contributed by atoms with Gasteiger partial charge in [0.2, 0.25) is 0 Å². The molecule has 0 saturated carbocycles. The number of carbonyl (C=O) groups excluding carboxylic acids is 1. The number of esters is 1. The van der Waals surface area contributed by atoms with Gasteiger partial charge >= 0.3 is 5.97 Å². The molecule has 1 atom stereocenters. The molecule has 0 amide bonds. The van der Waals surface area contributed by atoms with E-state index >= 15 is 0 Å². The van der Waals surface area contributed by atoms with Crippen molar-refractivity contribution in [3.05, 3.63) is 102 Å². The molecular weight excluding hydrogens is 336 g/mol. The summed E-state index contributed by atoms with van der Waals surface area (Å²) in [5.41, 5.74) is 2.88. The van der Waals surface area contributed by atoms with Crippen molar-refractivity contribution in [3.8, 4) is 0 Å². The lowest BCUT2D eigenvalue weighted by molar-refractivity contribution is -0.142. The summed E-state index contributed by atoms with van der Waals surface area (Å²) in [5.74, 6) is -0.260. The van der Waals surface area contributed by atoms with Gasteiger partial charge in [0.05, 0.1) is 12.3 Å². The number of hydrogen-bond donors (Lipinski definition) is 0. The lowest BCUT2D eigenvalue weighted by Gasteiger charge is -2.22. The lowest BCUT2D eigenvalue weighted by Crippen LogP contribution is -2.36. The van der Waals surface area contributed by atoms with E-state index in [1.807, 2.05) is 72.8 Å². The van der Waals surface area contributed by atoms with Gasteiger partial charge in [-0.05, 0) is 17.7 Å². The molecule has 1 aliphatic rings. The van der Waals surface area contributed by atoms with Gasteiger partial charge < -0.3 is 4.74 Å². The van der Waals surface area contributed by atoms with Crippen LogP contribution in [0.25, 0.3) is 0 Å². The average molecular weight is 356 g/mol. The Hall–Kier alpha value is -3.27. The van der Waals surface area contributed by atoms with Crippen LogP contribution in [0.5, 0.6) is 0 Å². The second-order valence-corrected chi connectivity index (χ2v) is 6.64. The molecular formula is C23H20N2O2. The third-order valence-corrected chi connectivity index (χ3v) is 4.79. The smallest absolute Gasteiger partial charge is 0.334 e. The van der Waals surface area contributed by atoms with Gasteiger partial charge in [-0.15, -0.1) is 0 Å². The molecule has 27 heavy (non-hydrogen) atoms. The SMILES string of the molecule is O=C1OCCC1(Cc1ccncc1)N=C(c1ccccc1)c1ccccc1. The molecule has 3 aromatic rings. The Bertz CT molecular complexity index is 898.